The highest BCUT2D eigenvalue weighted by molar-refractivity contribution is 7.22. The van der Waals surface area contributed by atoms with Crippen LogP contribution in [0, 0.1) is 0 Å². The Balaban J connectivity index is 1.24. The minimum absolute atomic E-state index is 0.0770. The Labute approximate surface area is 234 Å². The minimum Gasteiger partial charge on any atom is -0.393 e. The maximum absolute atomic E-state index is 14.1. The van der Waals surface area contributed by atoms with Crippen molar-refractivity contribution < 1.29 is 23.5 Å². The molecule has 40 heavy (non-hydrogen) atoms. The normalized spacial score (nSPS) is 23.6. The van der Waals surface area contributed by atoms with E-state index in [1.54, 1.807) is 23.1 Å². The van der Waals surface area contributed by atoms with Crippen molar-refractivity contribution in [1.29, 1.82) is 0 Å². The maximum Gasteiger partial charge on any atom is 0.260 e. The molecule has 4 heterocycles. The van der Waals surface area contributed by atoms with Gasteiger partial charge in [-0.1, -0.05) is 11.3 Å². The van der Waals surface area contributed by atoms with E-state index in [1.165, 1.54) is 16.2 Å². The summed E-state index contributed by atoms with van der Waals surface area (Å²) in [6.45, 7) is 0.738. The number of carbonyl (C=O) groups is 2. The Morgan fingerprint density at radius 1 is 1.02 bits per heavy atom. The number of halogens is 2. The van der Waals surface area contributed by atoms with E-state index in [0.29, 0.717) is 42.0 Å². The zero-order valence-electron chi connectivity index (χ0n) is 22.0. The second-order valence-corrected chi connectivity index (χ2v) is 12.0. The van der Waals surface area contributed by atoms with Crippen molar-refractivity contribution in [3.05, 3.63) is 35.9 Å². The third kappa shape index (κ3) is 6.08. The van der Waals surface area contributed by atoms with Gasteiger partial charge in [0.2, 0.25) is 11.8 Å². The maximum atomic E-state index is 14.1. The van der Waals surface area contributed by atoms with Gasteiger partial charge in [0.15, 0.2) is 5.13 Å². The van der Waals surface area contributed by atoms with Gasteiger partial charge < -0.3 is 15.7 Å². The predicted molar refractivity (Wildman–Crippen MR) is 150 cm³/mol. The number of aliphatic hydroxyl groups is 1. The van der Waals surface area contributed by atoms with Crippen LogP contribution in [-0.2, 0) is 16.1 Å². The number of imide groups is 1. The number of carbonyl (C=O) groups excluding carboxylic acids is 2. The van der Waals surface area contributed by atoms with Crippen LogP contribution in [0.25, 0.3) is 10.2 Å². The van der Waals surface area contributed by atoms with Gasteiger partial charge in [0.1, 0.15) is 11.6 Å². The molecule has 0 unspecified atom stereocenters. The van der Waals surface area contributed by atoms with Crippen LogP contribution in [0.5, 0.6) is 0 Å². The van der Waals surface area contributed by atoms with E-state index >= 15 is 0 Å². The molecular formula is C28H32F2N6O3S. The second kappa shape index (κ2) is 11.0. The smallest absolute Gasteiger partial charge is 0.260 e. The van der Waals surface area contributed by atoms with Crippen LogP contribution in [0.4, 0.5) is 31.2 Å². The van der Waals surface area contributed by atoms with Gasteiger partial charge in [0.25, 0.3) is 5.92 Å². The van der Waals surface area contributed by atoms with Crippen molar-refractivity contribution in [2.45, 2.75) is 76.0 Å². The lowest BCUT2D eigenvalue weighted by Gasteiger charge is -2.32. The third-order valence-corrected chi connectivity index (χ3v) is 8.66. The van der Waals surface area contributed by atoms with Crippen molar-refractivity contribution >= 4 is 55.8 Å². The fourth-order valence-electron chi connectivity index (χ4n) is 5.77. The molecule has 1 aliphatic carbocycles. The van der Waals surface area contributed by atoms with Crippen molar-refractivity contribution in [2.24, 2.45) is 0 Å². The van der Waals surface area contributed by atoms with Crippen LogP contribution in [0.3, 0.4) is 0 Å². The largest absolute Gasteiger partial charge is 0.393 e. The summed E-state index contributed by atoms with van der Waals surface area (Å²) in [4.78, 5) is 36.8. The lowest BCUT2D eigenvalue weighted by atomic mass is 9.93. The number of piperidine rings is 1. The number of likely N-dealkylation sites (tertiary alicyclic amines) is 1. The van der Waals surface area contributed by atoms with Crippen LogP contribution in [0.1, 0.15) is 56.9 Å². The van der Waals surface area contributed by atoms with Crippen LogP contribution >= 0.6 is 11.3 Å². The summed E-state index contributed by atoms with van der Waals surface area (Å²) in [5.41, 5.74) is 2.13. The zero-order valence-corrected chi connectivity index (χ0v) is 22.9. The average molecular weight is 571 g/mol. The highest BCUT2D eigenvalue weighted by Gasteiger charge is 2.35. The van der Waals surface area contributed by atoms with Gasteiger partial charge >= 0.3 is 0 Å². The quantitative estimate of drug-likeness (QED) is 0.339. The first-order valence-electron chi connectivity index (χ1n) is 13.8. The van der Waals surface area contributed by atoms with E-state index in [9.17, 15) is 23.5 Å². The van der Waals surface area contributed by atoms with E-state index in [2.05, 4.69) is 15.6 Å². The molecule has 2 amide bonds. The standard InChI is InChI=1S/C28H32F2N6O3S/c29-28(30)10-1-11-35(16-28)15-17-12-23(31-18-2-5-20(37)6-3-18)33-24(13-17)34-27-32-21-7-4-19(14-22(21)40-27)36-25(38)8-9-26(36)39/h4,7,12-14,18,20,37H,1-3,5-6,8-11,15-16H2,(H2,31,32,33,34)/t18-,20-. The topological polar surface area (TPSA) is 111 Å². The highest BCUT2D eigenvalue weighted by Crippen LogP contribution is 2.34. The van der Waals surface area contributed by atoms with Crippen molar-refractivity contribution in [3.63, 3.8) is 0 Å². The molecule has 2 aromatic heterocycles. The van der Waals surface area contributed by atoms with E-state index in [0.717, 1.165) is 41.5 Å². The first-order chi connectivity index (χ1) is 19.2. The van der Waals surface area contributed by atoms with Gasteiger partial charge in [-0.2, -0.15) is 0 Å². The molecule has 1 aromatic carbocycles. The molecule has 212 valence electrons. The molecule has 2 saturated heterocycles. The number of rotatable bonds is 7. The molecule has 12 heteroatoms. The summed E-state index contributed by atoms with van der Waals surface area (Å²) < 4.78 is 29.0. The van der Waals surface area contributed by atoms with Crippen molar-refractivity contribution in [3.8, 4) is 0 Å². The Morgan fingerprint density at radius 2 is 1.77 bits per heavy atom. The number of aliphatic hydroxyl groups excluding tert-OH is 1. The van der Waals surface area contributed by atoms with Gasteiger partial charge in [-0.05, 0) is 74.5 Å². The molecule has 6 rings (SSSR count). The molecule has 0 radical (unpaired) electrons. The number of anilines is 4. The molecule has 2 aliphatic heterocycles. The van der Waals surface area contributed by atoms with Crippen LogP contribution in [0.2, 0.25) is 0 Å². The SMILES string of the molecule is O=C1CCC(=O)N1c1ccc2nc(Nc3cc(CN4CCCC(F)(F)C4)cc(N[C@H]4CC[C@H](O)CC4)n3)sc2c1. The van der Waals surface area contributed by atoms with Crippen molar-refractivity contribution in [1.82, 2.24) is 14.9 Å². The fraction of sp³-hybridized carbons (Fsp3) is 0.500. The summed E-state index contributed by atoms with van der Waals surface area (Å²) in [6, 6.07) is 9.26. The predicted octanol–water partition coefficient (Wildman–Crippen LogP) is 5.03. The molecule has 0 atom stereocenters. The fourth-order valence-corrected chi connectivity index (χ4v) is 6.67. The number of nitrogens with one attached hydrogen (secondary N) is 2. The average Bonchev–Trinajstić information content (AvgIpc) is 3.45. The van der Waals surface area contributed by atoms with Crippen LogP contribution in [-0.4, -0.2) is 62.9 Å². The minimum atomic E-state index is -2.68. The summed E-state index contributed by atoms with van der Waals surface area (Å²) in [7, 11) is 0. The van der Waals surface area contributed by atoms with Gasteiger partial charge in [0.05, 0.1) is 28.6 Å². The Bertz CT molecular complexity index is 1410. The molecule has 3 aromatic rings. The summed E-state index contributed by atoms with van der Waals surface area (Å²) in [5, 5.41) is 17.2. The second-order valence-electron chi connectivity index (χ2n) is 11.0. The third-order valence-electron chi connectivity index (χ3n) is 7.73. The first kappa shape index (κ1) is 27.0. The Kier molecular flexibility index (Phi) is 7.41. The number of amides is 2. The molecule has 1 saturated carbocycles. The van der Waals surface area contributed by atoms with Gasteiger partial charge in [-0.15, -0.1) is 0 Å². The Hall–Kier alpha value is -3.22. The molecule has 9 nitrogen and oxygen atoms in total. The monoisotopic (exact) mass is 570 g/mol. The zero-order chi connectivity index (χ0) is 27.9. The number of nitrogens with zero attached hydrogens (tertiary/aromatic N) is 4. The number of pyridine rings is 1. The molecule has 3 aliphatic rings. The molecule has 3 N–H and O–H groups in total. The van der Waals surface area contributed by atoms with E-state index in [-0.39, 0.29) is 49.8 Å². The van der Waals surface area contributed by atoms with Gasteiger partial charge in [-0.25, -0.2) is 18.7 Å². The van der Waals surface area contributed by atoms with E-state index < -0.39 is 5.92 Å². The highest BCUT2D eigenvalue weighted by atomic mass is 32.1. The molecular weight excluding hydrogens is 538 g/mol. The number of hydrogen-bond donors (Lipinski definition) is 3. The lowest BCUT2D eigenvalue weighted by Crippen LogP contribution is -2.42. The van der Waals surface area contributed by atoms with Crippen LogP contribution < -0.4 is 15.5 Å². The number of aromatic nitrogens is 2. The number of fused-ring (bicyclic) bond motifs is 1. The summed E-state index contributed by atoms with van der Waals surface area (Å²) in [6.07, 6.45) is 3.68. The van der Waals surface area contributed by atoms with Gasteiger partial charge in [-0.3, -0.25) is 19.4 Å². The van der Waals surface area contributed by atoms with E-state index in [1.807, 2.05) is 12.1 Å². The first-order valence-corrected chi connectivity index (χ1v) is 14.6. The van der Waals surface area contributed by atoms with Gasteiger partial charge in [0, 0.05) is 31.8 Å². The molecule has 0 bridgehead atoms. The Morgan fingerprint density at radius 3 is 2.52 bits per heavy atom. The number of benzene rings is 1. The summed E-state index contributed by atoms with van der Waals surface area (Å²) in [5.74, 6) is -1.89. The number of thiazole rings is 1. The number of hydrogen-bond acceptors (Lipinski definition) is 9. The van der Waals surface area contributed by atoms with Crippen molar-refractivity contribution in [2.75, 3.05) is 28.6 Å². The molecule has 3 fully saturated rings. The lowest BCUT2D eigenvalue weighted by molar-refractivity contribution is -0.121. The van der Waals surface area contributed by atoms with E-state index in [4.69, 9.17) is 4.98 Å². The summed E-state index contributed by atoms with van der Waals surface area (Å²) >= 11 is 1.38. The van der Waals surface area contributed by atoms with Crippen LogP contribution in [0.15, 0.2) is 30.3 Å². The molecule has 0 spiro atoms. The number of alkyl halides is 2.